The molecule has 0 spiro atoms. The summed E-state index contributed by atoms with van der Waals surface area (Å²) >= 11 is 0. The van der Waals surface area contributed by atoms with Crippen LogP contribution in [0.5, 0.6) is 0 Å². The fourth-order valence-electron chi connectivity index (χ4n) is 4.17. The lowest BCUT2D eigenvalue weighted by Gasteiger charge is -2.47. The molecule has 2 N–H and O–H groups in total. The second kappa shape index (κ2) is 8.12. The number of nitrogens with zero attached hydrogens (tertiary/aromatic N) is 3. The predicted octanol–water partition coefficient (Wildman–Crippen LogP) is 1.66. The molecule has 0 aromatic rings. The average Bonchev–Trinajstić information content (AvgIpc) is 2.61. The second-order valence-electron chi connectivity index (χ2n) is 7.44. The number of rotatable bonds is 4. The van der Waals surface area contributed by atoms with Crippen LogP contribution in [0.25, 0.3) is 0 Å². The number of alkyl halides is 3. The minimum atomic E-state index is -4.05. The van der Waals surface area contributed by atoms with Gasteiger partial charge in [0.05, 0.1) is 12.5 Å². The van der Waals surface area contributed by atoms with Crippen molar-refractivity contribution >= 4 is 5.96 Å². The van der Waals surface area contributed by atoms with Crippen LogP contribution in [0.1, 0.15) is 32.6 Å². The molecule has 0 aromatic carbocycles. The number of aliphatic imine (C=N–C) groups is 1. The first kappa shape index (κ1) is 18.8. The van der Waals surface area contributed by atoms with E-state index in [0.717, 1.165) is 51.8 Å². The zero-order valence-corrected chi connectivity index (χ0v) is 15.0. The molecule has 4 aliphatic rings. The standard InChI is InChI=1S/C17H30F3N5/c1-2-21-16(22-11-15-12-24-7-9-25(15)10-8-24)23-14-5-3-13(4-6-14)17(18,19)20/h13-15H,2-12H2,1H3,(H2,21,22,23). The first-order valence-corrected chi connectivity index (χ1v) is 9.53. The van der Waals surface area contributed by atoms with Crippen LogP contribution < -0.4 is 10.6 Å². The molecular weight excluding hydrogens is 331 g/mol. The van der Waals surface area contributed by atoms with Gasteiger partial charge in [0, 0.05) is 51.4 Å². The highest BCUT2D eigenvalue weighted by Crippen LogP contribution is 2.37. The Balaban J connectivity index is 1.49. The summed E-state index contributed by atoms with van der Waals surface area (Å²) in [6.45, 7) is 9.11. The molecule has 3 saturated heterocycles. The Hall–Kier alpha value is -1.02. The third kappa shape index (κ3) is 5.00. The highest BCUT2D eigenvalue weighted by molar-refractivity contribution is 5.80. The first-order valence-electron chi connectivity index (χ1n) is 9.53. The van der Waals surface area contributed by atoms with E-state index < -0.39 is 12.1 Å². The van der Waals surface area contributed by atoms with Gasteiger partial charge >= 0.3 is 6.18 Å². The molecule has 0 radical (unpaired) electrons. The Bertz CT molecular complexity index is 452. The summed E-state index contributed by atoms with van der Waals surface area (Å²) in [5.41, 5.74) is 0. The maximum absolute atomic E-state index is 12.8. The maximum atomic E-state index is 12.8. The molecule has 25 heavy (non-hydrogen) atoms. The van der Waals surface area contributed by atoms with Gasteiger partial charge in [0.15, 0.2) is 5.96 Å². The van der Waals surface area contributed by atoms with Crippen molar-refractivity contribution in [1.82, 2.24) is 20.4 Å². The molecule has 0 aromatic heterocycles. The van der Waals surface area contributed by atoms with Gasteiger partial charge in [-0.15, -0.1) is 0 Å². The smallest absolute Gasteiger partial charge is 0.357 e. The summed E-state index contributed by atoms with van der Waals surface area (Å²) in [6.07, 6.45) is -2.51. The van der Waals surface area contributed by atoms with Crippen LogP contribution in [0.2, 0.25) is 0 Å². The van der Waals surface area contributed by atoms with Gasteiger partial charge in [-0.25, -0.2) is 0 Å². The van der Waals surface area contributed by atoms with Gasteiger partial charge in [0.1, 0.15) is 0 Å². The number of nitrogens with one attached hydrogen (secondary N) is 2. The van der Waals surface area contributed by atoms with Crippen molar-refractivity contribution in [2.45, 2.75) is 50.9 Å². The Morgan fingerprint density at radius 3 is 2.28 bits per heavy atom. The molecule has 1 aliphatic carbocycles. The van der Waals surface area contributed by atoms with Gasteiger partial charge < -0.3 is 10.6 Å². The van der Waals surface area contributed by atoms with Crippen LogP contribution in [0, 0.1) is 5.92 Å². The summed E-state index contributed by atoms with van der Waals surface area (Å²) in [5, 5.41) is 6.59. The van der Waals surface area contributed by atoms with E-state index in [4.69, 9.17) is 4.99 Å². The molecular formula is C17H30F3N5. The van der Waals surface area contributed by atoms with Crippen molar-refractivity contribution in [2.75, 3.05) is 45.8 Å². The van der Waals surface area contributed by atoms with Crippen LogP contribution in [0.3, 0.4) is 0 Å². The Kier molecular flexibility index (Phi) is 6.09. The lowest BCUT2D eigenvalue weighted by molar-refractivity contribution is -0.182. The minimum absolute atomic E-state index is 0.0864. The monoisotopic (exact) mass is 361 g/mol. The molecule has 3 aliphatic heterocycles. The van der Waals surface area contributed by atoms with E-state index in [2.05, 4.69) is 20.4 Å². The van der Waals surface area contributed by atoms with Crippen LogP contribution in [0.15, 0.2) is 4.99 Å². The molecule has 1 atom stereocenters. The van der Waals surface area contributed by atoms with E-state index in [0.29, 0.717) is 18.9 Å². The van der Waals surface area contributed by atoms with Crippen molar-refractivity contribution < 1.29 is 13.2 Å². The zero-order valence-electron chi connectivity index (χ0n) is 15.0. The third-order valence-corrected chi connectivity index (χ3v) is 5.73. The van der Waals surface area contributed by atoms with Crippen molar-refractivity contribution in [3.05, 3.63) is 0 Å². The second-order valence-corrected chi connectivity index (χ2v) is 7.44. The largest absolute Gasteiger partial charge is 0.391 e. The predicted molar refractivity (Wildman–Crippen MR) is 92.7 cm³/mol. The summed E-state index contributed by atoms with van der Waals surface area (Å²) < 4.78 is 38.4. The van der Waals surface area contributed by atoms with E-state index in [1.54, 1.807) is 0 Å². The van der Waals surface area contributed by atoms with Gasteiger partial charge in [-0.2, -0.15) is 13.2 Å². The first-order chi connectivity index (χ1) is 12.0. The third-order valence-electron chi connectivity index (χ3n) is 5.73. The van der Waals surface area contributed by atoms with Crippen LogP contribution in [-0.4, -0.2) is 79.8 Å². The summed E-state index contributed by atoms with van der Waals surface area (Å²) in [5.74, 6) is -0.389. The number of hydrogen-bond donors (Lipinski definition) is 2. The quantitative estimate of drug-likeness (QED) is 0.590. The molecule has 1 unspecified atom stereocenters. The molecule has 4 rings (SSSR count). The molecule has 4 fully saturated rings. The van der Waals surface area contributed by atoms with Gasteiger partial charge in [-0.1, -0.05) is 0 Å². The zero-order chi connectivity index (χ0) is 17.9. The van der Waals surface area contributed by atoms with Crippen LogP contribution in [0.4, 0.5) is 13.2 Å². The highest BCUT2D eigenvalue weighted by Gasteiger charge is 2.41. The van der Waals surface area contributed by atoms with E-state index in [1.165, 1.54) is 0 Å². The average molecular weight is 361 g/mol. The van der Waals surface area contributed by atoms with Crippen molar-refractivity contribution in [3.63, 3.8) is 0 Å². The van der Waals surface area contributed by atoms with Gasteiger partial charge in [0.25, 0.3) is 0 Å². The van der Waals surface area contributed by atoms with Crippen LogP contribution in [-0.2, 0) is 0 Å². The fourth-order valence-corrected chi connectivity index (χ4v) is 4.17. The molecule has 2 bridgehead atoms. The van der Waals surface area contributed by atoms with Gasteiger partial charge in [-0.3, -0.25) is 14.8 Å². The molecule has 0 amide bonds. The van der Waals surface area contributed by atoms with E-state index >= 15 is 0 Å². The Labute approximate surface area is 148 Å². The normalized spacial score (nSPS) is 36.3. The topological polar surface area (TPSA) is 42.9 Å². The minimum Gasteiger partial charge on any atom is -0.357 e. The molecule has 144 valence electrons. The maximum Gasteiger partial charge on any atom is 0.391 e. The summed E-state index contributed by atoms with van der Waals surface area (Å²) in [6, 6.07) is 0.544. The summed E-state index contributed by atoms with van der Waals surface area (Å²) in [7, 11) is 0. The van der Waals surface area contributed by atoms with E-state index in [1.807, 2.05) is 6.92 Å². The van der Waals surface area contributed by atoms with Gasteiger partial charge in [-0.05, 0) is 32.6 Å². The SMILES string of the molecule is CCNC(=NCC1CN2CCN1CC2)NC1CCC(C(F)(F)F)CC1. The Morgan fingerprint density at radius 1 is 1.08 bits per heavy atom. The number of guanidine groups is 1. The lowest BCUT2D eigenvalue weighted by Crippen LogP contribution is -2.62. The molecule has 5 nitrogen and oxygen atoms in total. The van der Waals surface area contributed by atoms with Crippen LogP contribution >= 0.6 is 0 Å². The molecule has 3 heterocycles. The van der Waals surface area contributed by atoms with E-state index in [-0.39, 0.29) is 18.9 Å². The van der Waals surface area contributed by atoms with Crippen molar-refractivity contribution in [1.29, 1.82) is 0 Å². The van der Waals surface area contributed by atoms with E-state index in [9.17, 15) is 13.2 Å². The van der Waals surface area contributed by atoms with Crippen molar-refractivity contribution in [2.24, 2.45) is 10.9 Å². The highest BCUT2D eigenvalue weighted by atomic mass is 19.4. The number of halogens is 3. The lowest BCUT2D eigenvalue weighted by atomic mass is 9.85. The molecule has 1 saturated carbocycles. The molecule has 8 heteroatoms. The summed E-state index contributed by atoms with van der Waals surface area (Å²) in [4.78, 5) is 9.71. The fraction of sp³-hybridized carbons (Fsp3) is 0.941. The Morgan fingerprint density at radius 2 is 1.76 bits per heavy atom. The number of piperazine rings is 3. The number of fused-ring (bicyclic) bond motifs is 3. The van der Waals surface area contributed by atoms with Gasteiger partial charge in [0.2, 0.25) is 0 Å². The van der Waals surface area contributed by atoms with Crippen molar-refractivity contribution in [3.8, 4) is 0 Å². The number of hydrogen-bond acceptors (Lipinski definition) is 3.